The number of hydrogen-bond donors (Lipinski definition) is 2. The predicted octanol–water partition coefficient (Wildman–Crippen LogP) is 2.27. The quantitative estimate of drug-likeness (QED) is 0.448. The highest BCUT2D eigenvalue weighted by molar-refractivity contribution is 7.14. The normalized spacial score (nSPS) is 19.4. The summed E-state index contributed by atoms with van der Waals surface area (Å²) in [6.45, 7) is 2.11. The number of thiazole rings is 1. The summed E-state index contributed by atoms with van der Waals surface area (Å²) >= 11 is 1.48. The molecule has 0 saturated heterocycles. The Labute approximate surface area is 200 Å². The minimum Gasteiger partial charge on any atom is -0.479 e. The summed E-state index contributed by atoms with van der Waals surface area (Å²) in [7, 11) is 1.59. The van der Waals surface area contributed by atoms with Gasteiger partial charge in [0.2, 0.25) is 5.88 Å². The fourth-order valence-electron chi connectivity index (χ4n) is 4.78. The van der Waals surface area contributed by atoms with Crippen LogP contribution in [0.1, 0.15) is 23.4 Å². The second-order valence-electron chi connectivity index (χ2n) is 8.89. The molecule has 11 heteroatoms. The zero-order valence-corrected chi connectivity index (χ0v) is 19.8. The molecule has 1 atom stereocenters. The van der Waals surface area contributed by atoms with Gasteiger partial charge in [0.25, 0.3) is 0 Å². The van der Waals surface area contributed by atoms with Crippen molar-refractivity contribution >= 4 is 22.3 Å². The Balaban J connectivity index is 1.37. The van der Waals surface area contributed by atoms with Crippen LogP contribution in [0, 0.1) is 6.92 Å². The van der Waals surface area contributed by atoms with Crippen LogP contribution in [-0.2, 0) is 19.4 Å². The molecule has 1 aliphatic heterocycles. The Kier molecular flexibility index (Phi) is 4.94. The molecule has 4 aromatic rings. The lowest BCUT2D eigenvalue weighted by atomic mass is 10.0. The number of hydrogen-bond acceptors (Lipinski definition) is 9. The maximum Gasteiger partial charge on any atom is 0.238 e. The van der Waals surface area contributed by atoms with Crippen molar-refractivity contribution in [2.75, 3.05) is 25.2 Å². The van der Waals surface area contributed by atoms with Crippen molar-refractivity contribution in [3.8, 4) is 23.0 Å². The number of β-amino-alcohol motifs (C(OH)–C–C–N with tert-alkyl or cyclic N) is 1. The number of fused-ring (bicyclic) bond motifs is 3. The van der Waals surface area contributed by atoms with E-state index in [0.717, 1.165) is 47.3 Å². The lowest BCUT2D eigenvalue weighted by Gasteiger charge is -2.38. The van der Waals surface area contributed by atoms with Crippen LogP contribution in [0.2, 0.25) is 0 Å². The van der Waals surface area contributed by atoms with Crippen molar-refractivity contribution in [2.24, 2.45) is 0 Å². The van der Waals surface area contributed by atoms with E-state index in [9.17, 15) is 10.2 Å². The van der Waals surface area contributed by atoms with Crippen LogP contribution < -0.4 is 9.64 Å². The molecule has 0 bridgehead atoms. The summed E-state index contributed by atoms with van der Waals surface area (Å²) in [5.41, 5.74) is 4.12. The number of anilines is 2. The number of aryl methyl sites for hydroxylation is 2. The molecule has 0 amide bonds. The van der Waals surface area contributed by atoms with Crippen molar-refractivity contribution in [3.05, 3.63) is 47.0 Å². The SMILES string of the molecule is COc1nc(-c2csc(N3CC(O)(CO)Cn4nc5c(c43)CCC5)n2)ccc1-n1cnc(C)c1. The average molecular weight is 480 g/mol. The highest BCUT2D eigenvalue weighted by atomic mass is 32.1. The fourth-order valence-corrected chi connectivity index (χ4v) is 5.60. The minimum absolute atomic E-state index is 0.254. The second kappa shape index (κ2) is 7.90. The molecule has 176 valence electrons. The van der Waals surface area contributed by atoms with Crippen molar-refractivity contribution < 1.29 is 14.9 Å². The van der Waals surface area contributed by atoms with Crippen LogP contribution in [0.4, 0.5) is 10.9 Å². The zero-order valence-electron chi connectivity index (χ0n) is 19.0. The average Bonchev–Trinajstić information content (AvgIpc) is 3.62. The molecule has 0 radical (unpaired) electrons. The van der Waals surface area contributed by atoms with E-state index < -0.39 is 5.60 Å². The van der Waals surface area contributed by atoms with Gasteiger partial charge in [0.15, 0.2) is 5.13 Å². The maximum absolute atomic E-state index is 11.0. The predicted molar refractivity (Wildman–Crippen MR) is 127 cm³/mol. The van der Waals surface area contributed by atoms with Gasteiger partial charge in [-0.2, -0.15) is 5.10 Å². The number of ether oxygens (including phenoxy) is 1. The number of imidazole rings is 1. The molecule has 0 saturated carbocycles. The van der Waals surface area contributed by atoms with E-state index in [1.54, 1.807) is 13.4 Å². The number of aromatic nitrogens is 6. The van der Waals surface area contributed by atoms with Gasteiger partial charge in [-0.05, 0) is 38.3 Å². The van der Waals surface area contributed by atoms with E-state index in [2.05, 4.69) is 4.98 Å². The highest BCUT2D eigenvalue weighted by Crippen LogP contribution is 2.41. The van der Waals surface area contributed by atoms with Gasteiger partial charge in [-0.25, -0.2) is 19.6 Å². The van der Waals surface area contributed by atoms with Crippen molar-refractivity contribution in [1.29, 1.82) is 0 Å². The Bertz CT molecular complexity index is 1380. The first kappa shape index (κ1) is 21.3. The minimum atomic E-state index is -1.29. The lowest BCUT2D eigenvalue weighted by molar-refractivity contribution is -0.0282. The molecule has 4 aromatic heterocycles. The molecule has 1 aliphatic carbocycles. The Morgan fingerprint density at radius 3 is 2.82 bits per heavy atom. The van der Waals surface area contributed by atoms with Crippen LogP contribution in [-0.4, -0.2) is 65.4 Å². The number of pyridine rings is 1. The largest absolute Gasteiger partial charge is 0.479 e. The van der Waals surface area contributed by atoms with Gasteiger partial charge >= 0.3 is 0 Å². The summed E-state index contributed by atoms with van der Waals surface area (Å²) in [4.78, 5) is 15.8. The topological polar surface area (TPSA) is 114 Å². The standard InChI is InChI=1S/C23H25N7O3S/c1-14-8-28(13-24-14)19-7-6-17(25-20(19)33-2)18-9-34-22(26-18)29-10-23(32,12-31)11-30-21(29)15-4-3-5-16(15)27-30/h6-9,13,31-32H,3-5,10-12H2,1-2H3. The summed E-state index contributed by atoms with van der Waals surface area (Å²) in [5.74, 6) is 1.45. The zero-order chi connectivity index (χ0) is 23.4. The highest BCUT2D eigenvalue weighted by Gasteiger charge is 2.41. The molecule has 0 aromatic carbocycles. The molecule has 6 rings (SSSR count). The number of aliphatic hydroxyl groups is 2. The molecule has 0 fully saturated rings. The van der Waals surface area contributed by atoms with Crippen LogP contribution in [0.15, 0.2) is 30.0 Å². The van der Waals surface area contributed by atoms with Crippen molar-refractivity contribution in [3.63, 3.8) is 0 Å². The smallest absolute Gasteiger partial charge is 0.238 e. The van der Waals surface area contributed by atoms with Crippen LogP contribution in [0.25, 0.3) is 17.1 Å². The molecular weight excluding hydrogens is 454 g/mol. The molecule has 0 spiro atoms. The number of methoxy groups -OCH3 is 1. The van der Waals surface area contributed by atoms with E-state index in [4.69, 9.17) is 19.8 Å². The Morgan fingerprint density at radius 2 is 2.06 bits per heavy atom. The van der Waals surface area contributed by atoms with Crippen LogP contribution >= 0.6 is 11.3 Å². The summed E-state index contributed by atoms with van der Waals surface area (Å²) in [6.07, 6.45) is 6.64. The van der Waals surface area contributed by atoms with Crippen LogP contribution in [0.3, 0.4) is 0 Å². The summed E-state index contributed by atoms with van der Waals surface area (Å²) in [6, 6.07) is 3.85. The molecule has 5 heterocycles. The van der Waals surface area contributed by atoms with E-state index in [0.29, 0.717) is 17.3 Å². The third-order valence-electron chi connectivity index (χ3n) is 6.40. The lowest BCUT2D eigenvalue weighted by Crippen LogP contribution is -2.52. The Morgan fingerprint density at radius 1 is 1.18 bits per heavy atom. The molecule has 1 unspecified atom stereocenters. The molecule has 2 N–H and O–H groups in total. The first-order valence-corrected chi connectivity index (χ1v) is 12.1. The fraction of sp³-hybridized carbons (Fsp3) is 0.391. The van der Waals surface area contributed by atoms with Gasteiger partial charge in [-0.3, -0.25) is 4.90 Å². The van der Waals surface area contributed by atoms with Gasteiger partial charge in [-0.15, -0.1) is 11.3 Å². The summed E-state index contributed by atoms with van der Waals surface area (Å²) < 4.78 is 9.26. The second-order valence-corrected chi connectivity index (χ2v) is 9.73. The van der Waals surface area contributed by atoms with E-state index in [-0.39, 0.29) is 19.7 Å². The molecule has 2 aliphatic rings. The third kappa shape index (κ3) is 3.39. The Hall–Kier alpha value is -3.28. The van der Waals surface area contributed by atoms with Gasteiger partial charge in [0, 0.05) is 17.1 Å². The van der Waals surface area contributed by atoms with E-state index in [1.807, 2.05) is 44.8 Å². The first-order valence-electron chi connectivity index (χ1n) is 11.2. The monoisotopic (exact) mass is 479 g/mol. The maximum atomic E-state index is 11.0. The molecule has 34 heavy (non-hydrogen) atoms. The number of nitrogens with zero attached hydrogens (tertiary/aromatic N) is 7. The molecule has 10 nitrogen and oxygen atoms in total. The molecular formula is C23H25N7O3S. The van der Waals surface area contributed by atoms with Gasteiger partial charge in [-0.1, -0.05) is 0 Å². The first-order chi connectivity index (χ1) is 16.5. The van der Waals surface area contributed by atoms with Gasteiger partial charge in [0.05, 0.1) is 50.2 Å². The van der Waals surface area contributed by atoms with Crippen molar-refractivity contribution in [1.82, 2.24) is 29.3 Å². The summed E-state index contributed by atoms with van der Waals surface area (Å²) in [5, 5.41) is 28.3. The van der Waals surface area contributed by atoms with Gasteiger partial charge < -0.3 is 19.5 Å². The van der Waals surface area contributed by atoms with Crippen molar-refractivity contribution in [2.45, 2.75) is 38.3 Å². The number of rotatable bonds is 5. The third-order valence-corrected chi connectivity index (χ3v) is 7.26. The van der Waals surface area contributed by atoms with E-state index >= 15 is 0 Å². The van der Waals surface area contributed by atoms with E-state index in [1.165, 1.54) is 16.9 Å². The van der Waals surface area contributed by atoms with Gasteiger partial charge in [0.1, 0.15) is 22.8 Å². The number of aliphatic hydroxyl groups excluding tert-OH is 1. The van der Waals surface area contributed by atoms with Crippen LogP contribution in [0.5, 0.6) is 5.88 Å².